The van der Waals surface area contributed by atoms with Crippen molar-refractivity contribution >= 4 is 16.6 Å². The lowest BCUT2D eigenvalue weighted by molar-refractivity contribution is -0.00484. The van der Waals surface area contributed by atoms with E-state index >= 15 is 0 Å². The molecule has 1 N–H and O–H groups in total. The second-order valence-corrected chi connectivity index (χ2v) is 8.21. The van der Waals surface area contributed by atoms with Gasteiger partial charge in [-0.25, -0.2) is 26.6 Å². The number of anilines is 1. The van der Waals surface area contributed by atoms with Crippen LogP contribution >= 0.6 is 0 Å². The summed E-state index contributed by atoms with van der Waals surface area (Å²) in [6.45, 7) is 1.14. The second-order valence-electron chi connectivity index (χ2n) is 8.21. The van der Waals surface area contributed by atoms with E-state index in [0.717, 1.165) is 27.6 Å². The third-order valence-corrected chi connectivity index (χ3v) is 6.11. The molecule has 34 heavy (non-hydrogen) atoms. The quantitative estimate of drug-likeness (QED) is 0.540. The first-order valence-electron chi connectivity index (χ1n) is 10.4. The molecule has 2 atom stereocenters. The Kier molecular flexibility index (Phi) is 6.19. The number of aryl methyl sites for hydroxylation is 1. The van der Waals surface area contributed by atoms with Gasteiger partial charge in [-0.15, -0.1) is 0 Å². The number of aromatic nitrogens is 3. The molecule has 0 bridgehead atoms. The summed E-state index contributed by atoms with van der Waals surface area (Å²) in [7, 11) is 1.33. The zero-order chi connectivity index (χ0) is 24.8. The van der Waals surface area contributed by atoms with Crippen LogP contribution in [0.2, 0.25) is 0 Å². The van der Waals surface area contributed by atoms with Crippen LogP contribution in [0.1, 0.15) is 36.9 Å². The van der Waals surface area contributed by atoms with Crippen LogP contribution < -0.4 is 16.4 Å². The van der Waals surface area contributed by atoms with Crippen molar-refractivity contribution in [2.75, 3.05) is 18.5 Å². The van der Waals surface area contributed by atoms with Crippen LogP contribution in [0.15, 0.2) is 40.1 Å². The Balaban J connectivity index is 1.87. The van der Waals surface area contributed by atoms with Gasteiger partial charge in [-0.1, -0.05) is 18.2 Å². The van der Waals surface area contributed by atoms with Gasteiger partial charge in [0.05, 0.1) is 23.6 Å². The third-order valence-electron chi connectivity index (χ3n) is 6.11. The van der Waals surface area contributed by atoms with Gasteiger partial charge in [-0.05, 0) is 6.92 Å². The molecule has 0 aliphatic carbocycles. The maximum atomic E-state index is 14.7. The molecule has 0 amide bonds. The van der Waals surface area contributed by atoms with E-state index in [2.05, 4.69) is 10.4 Å². The van der Waals surface area contributed by atoms with Gasteiger partial charge in [-0.3, -0.25) is 9.59 Å². The molecule has 12 heteroatoms. The van der Waals surface area contributed by atoms with Gasteiger partial charge in [0.1, 0.15) is 11.4 Å². The highest BCUT2D eigenvalue weighted by Gasteiger charge is 2.46. The fraction of sp³-hybridized carbons (Fsp3) is 0.409. The molecule has 7 nitrogen and oxygen atoms in total. The molecule has 1 unspecified atom stereocenters. The molecule has 0 radical (unpaired) electrons. The van der Waals surface area contributed by atoms with Gasteiger partial charge < -0.3 is 14.6 Å². The highest BCUT2D eigenvalue weighted by molar-refractivity contribution is 5.90. The van der Waals surface area contributed by atoms with E-state index in [1.54, 1.807) is 0 Å². The maximum Gasteiger partial charge on any atom is 0.274 e. The summed E-state index contributed by atoms with van der Waals surface area (Å²) in [6, 6.07) is 3.64. The zero-order valence-electron chi connectivity index (χ0n) is 18.2. The van der Waals surface area contributed by atoms with Gasteiger partial charge in [0, 0.05) is 43.3 Å². The summed E-state index contributed by atoms with van der Waals surface area (Å²) >= 11 is 0. The van der Waals surface area contributed by atoms with E-state index in [1.807, 2.05) is 0 Å². The van der Waals surface area contributed by atoms with Crippen LogP contribution in [0.3, 0.4) is 0 Å². The third kappa shape index (κ3) is 3.85. The molecule has 1 aliphatic rings. The van der Waals surface area contributed by atoms with Gasteiger partial charge >= 0.3 is 0 Å². The average molecular weight is 484 g/mol. The number of nitrogens with zero attached hydrogens (tertiary/aromatic N) is 3. The number of alkyl halides is 4. The van der Waals surface area contributed by atoms with Crippen molar-refractivity contribution in [3.05, 3.63) is 68.1 Å². The average Bonchev–Trinajstić information content (AvgIpc) is 3.28. The fourth-order valence-electron chi connectivity index (χ4n) is 4.17. The van der Waals surface area contributed by atoms with Gasteiger partial charge in [0.25, 0.3) is 24.0 Å². The van der Waals surface area contributed by atoms with Gasteiger partial charge in [0.15, 0.2) is 5.82 Å². The van der Waals surface area contributed by atoms with Gasteiger partial charge in [0.2, 0.25) is 0 Å². The Labute approximate surface area is 189 Å². The Morgan fingerprint density at radius 1 is 1.15 bits per heavy atom. The fourth-order valence-corrected chi connectivity index (χ4v) is 4.17. The van der Waals surface area contributed by atoms with Gasteiger partial charge in [-0.2, -0.15) is 5.10 Å². The number of halogens is 5. The lowest BCUT2D eigenvalue weighted by atomic mass is 9.98. The number of rotatable bonds is 6. The van der Waals surface area contributed by atoms with E-state index in [-0.39, 0.29) is 41.8 Å². The van der Waals surface area contributed by atoms with Crippen molar-refractivity contribution in [1.82, 2.24) is 14.3 Å². The summed E-state index contributed by atoms with van der Waals surface area (Å²) < 4.78 is 75.9. The Bertz CT molecular complexity index is 1350. The Hall–Kier alpha value is -3.28. The lowest BCUT2D eigenvalue weighted by Gasteiger charge is -2.29. The summed E-state index contributed by atoms with van der Waals surface area (Å²) in [5, 5.41) is 6.94. The van der Waals surface area contributed by atoms with Crippen LogP contribution in [-0.2, 0) is 17.3 Å². The minimum atomic E-state index is -3.02. The standard InChI is InChI=1S/C22H21F5N4O3/c1-11(12-4-3-5-13(17(12)23)18(24)25)28-19-15-9-31(22(21(26)27)6-7-34-10-22)16(32)8-14(15)20(33)30(2)29-19/h3-5,8-9,11,18,21H,6-7,10H2,1-2H3,(H,28,29)/t11?,22-/m0/s1. The number of nitrogens with one attached hydrogen (secondary N) is 1. The van der Waals surface area contributed by atoms with E-state index in [0.29, 0.717) is 0 Å². The maximum absolute atomic E-state index is 14.7. The first kappa shape index (κ1) is 23.9. The molecule has 182 valence electrons. The molecule has 3 aromatic rings. The molecule has 4 rings (SSSR count). The summed E-state index contributed by atoms with van der Waals surface area (Å²) in [5.74, 6) is -1.10. The van der Waals surface area contributed by atoms with Crippen LogP contribution in [0.4, 0.5) is 27.8 Å². The number of ether oxygens (including phenoxy) is 1. The molecule has 1 aromatic carbocycles. The first-order chi connectivity index (χ1) is 16.1. The van der Waals surface area contributed by atoms with E-state index < -0.39 is 46.9 Å². The molecule has 3 heterocycles. The SMILES string of the molecule is CC(Nc1nn(C)c(=O)c2cc(=O)n([C@@]3(C(F)F)CCOC3)cc12)c1cccc(C(F)F)c1F. The van der Waals surface area contributed by atoms with Crippen LogP contribution in [0, 0.1) is 5.82 Å². The monoisotopic (exact) mass is 484 g/mol. The molecule has 1 fully saturated rings. The number of pyridine rings is 1. The van der Waals surface area contributed by atoms with Crippen LogP contribution in [0.5, 0.6) is 0 Å². The van der Waals surface area contributed by atoms with E-state index in [4.69, 9.17) is 4.74 Å². The predicted octanol–water partition coefficient (Wildman–Crippen LogP) is 3.73. The van der Waals surface area contributed by atoms with Crippen molar-refractivity contribution < 1.29 is 26.7 Å². The smallest absolute Gasteiger partial charge is 0.274 e. The topological polar surface area (TPSA) is 78.2 Å². The molecule has 1 saturated heterocycles. The van der Waals surface area contributed by atoms with Crippen molar-refractivity contribution in [2.45, 2.75) is 37.8 Å². The molecule has 2 aromatic heterocycles. The Morgan fingerprint density at radius 2 is 1.85 bits per heavy atom. The summed E-state index contributed by atoms with van der Waals surface area (Å²) in [6.07, 6.45) is -4.93. The highest BCUT2D eigenvalue weighted by atomic mass is 19.3. The minimum absolute atomic E-state index is 0.0106. The van der Waals surface area contributed by atoms with Crippen molar-refractivity contribution in [2.24, 2.45) is 7.05 Å². The van der Waals surface area contributed by atoms with Crippen LogP contribution in [0.25, 0.3) is 10.8 Å². The van der Waals surface area contributed by atoms with Crippen molar-refractivity contribution in [1.29, 1.82) is 0 Å². The Morgan fingerprint density at radius 3 is 2.47 bits per heavy atom. The molecule has 0 spiro atoms. The minimum Gasteiger partial charge on any atom is -0.379 e. The number of fused-ring (bicyclic) bond motifs is 1. The van der Waals surface area contributed by atoms with E-state index in [9.17, 15) is 31.5 Å². The van der Waals surface area contributed by atoms with E-state index in [1.165, 1.54) is 26.1 Å². The predicted molar refractivity (Wildman–Crippen MR) is 114 cm³/mol. The number of hydrogen-bond acceptors (Lipinski definition) is 5. The highest BCUT2D eigenvalue weighted by Crippen LogP contribution is 2.34. The summed E-state index contributed by atoms with van der Waals surface area (Å²) in [4.78, 5) is 25.4. The zero-order valence-corrected chi connectivity index (χ0v) is 18.2. The first-order valence-corrected chi connectivity index (χ1v) is 10.4. The van der Waals surface area contributed by atoms with Crippen molar-refractivity contribution in [3.63, 3.8) is 0 Å². The number of benzene rings is 1. The largest absolute Gasteiger partial charge is 0.379 e. The normalized spacial score (nSPS) is 19.3. The molecular formula is C22H21F5N4O3. The molecule has 1 aliphatic heterocycles. The summed E-state index contributed by atoms with van der Waals surface area (Å²) in [5.41, 5.74) is -4.21. The lowest BCUT2D eigenvalue weighted by Crippen LogP contribution is -2.47. The second kappa shape index (κ2) is 8.82. The molecule has 0 saturated carbocycles. The number of hydrogen-bond donors (Lipinski definition) is 1. The molecular weight excluding hydrogens is 463 g/mol. The van der Waals surface area contributed by atoms with Crippen molar-refractivity contribution in [3.8, 4) is 0 Å². The van der Waals surface area contributed by atoms with Crippen LogP contribution in [-0.4, -0.2) is 34.0 Å².